The first-order chi connectivity index (χ1) is 12.6. The molecule has 0 unspecified atom stereocenters. The summed E-state index contributed by atoms with van der Waals surface area (Å²) in [4.78, 5) is 15.0. The van der Waals surface area contributed by atoms with Gasteiger partial charge in [0.05, 0.1) is 17.7 Å². The molecule has 7 heteroatoms. The number of nitrogens with zero attached hydrogens (tertiary/aromatic N) is 2. The maximum absolute atomic E-state index is 14.7. The van der Waals surface area contributed by atoms with E-state index in [9.17, 15) is 9.18 Å². The van der Waals surface area contributed by atoms with Crippen molar-refractivity contribution in [3.8, 4) is 28.3 Å². The predicted molar refractivity (Wildman–Crippen MR) is 94.6 cm³/mol. The van der Waals surface area contributed by atoms with Crippen LogP contribution in [-0.2, 0) is 0 Å². The Morgan fingerprint density at radius 2 is 2.00 bits per heavy atom. The van der Waals surface area contributed by atoms with Gasteiger partial charge >= 0.3 is 5.97 Å². The van der Waals surface area contributed by atoms with Crippen LogP contribution in [0.15, 0.2) is 42.5 Å². The molecule has 0 bridgehead atoms. The molecular formula is C19H18FN3O3. The maximum Gasteiger partial charge on any atom is 0.373 e. The average molecular weight is 355 g/mol. The predicted octanol–water partition coefficient (Wildman–Crippen LogP) is 4.15. The molecule has 2 aromatic carbocycles. The molecule has 2 N–H and O–H groups in total. The lowest BCUT2D eigenvalue weighted by Crippen LogP contribution is -2.03. The Bertz CT molecular complexity index is 910. The van der Waals surface area contributed by atoms with Crippen LogP contribution in [0.4, 0.5) is 4.39 Å². The van der Waals surface area contributed by atoms with Crippen molar-refractivity contribution in [1.29, 1.82) is 0 Å². The van der Waals surface area contributed by atoms with Crippen molar-refractivity contribution in [2.24, 2.45) is 0 Å². The van der Waals surface area contributed by atoms with Gasteiger partial charge in [0, 0.05) is 0 Å². The number of carbonyl (C=O) groups is 1. The summed E-state index contributed by atoms with van der Waals surface area (Å²) in [5, 5.41) is 15.3. The van der Waals surface area contributed by atoms with Crippen molar-refractivity contribution in [2.45, 2.75) is 19.8 Å². The number of aromatic nitrogens is 3. The molecular weight excluding hydrogens is 337 g/mol. The zero-order valence-corrected chi connectivity index (χ0v) is 14.2. The number of benzene rings is 2. The maximum atomic E-state index is 14.7. The van der Waals surface area contributed by atoms with Gasteiger partial charge in [-0.3, -0.25) is 5.10 Å². The second-order valence-corrected chi connectivity index (χ2v) is 5.68. The number of aromatic carboxylic acids is 1. The molecule has 0 aliphatic rings. The summed E-state index contributed by atoms with van der Waals surface area (Å²) in [5.74, 6) is -1.49. The number of hydrogen-bond donors (Lipinski definition) is 2. The number of rotatable bonds is 7. The van der Waals surface area contributed by atoms with E-state index in [1.54, 1.807) is 12.1 Å². The summed E-state index contributed by atoms with van der Waals surface area (Å²) in [7, 11) is 0. The van der Waals surface area contributed by atoms with Crippen LogP contribution in [0.25, 0.3) is 22.5 Å². The number of halogens is 1. The number of H-pyrrole nitrogens is 1. The topological polar surface area (TPSA) is 88.1 Å². The van der Waals surface area contributed by atoms with Gasteiger partial charge in [0.15, 0.2) is 5.82 Å². The van der Waals surface area contributed by atoms with Gasteiger partial charge in [-0.1, -0.05) is 43.7 Å². The Morgan fingerprint density at radius 1 is 1.23 bits per heavy atom. The summed E-state index contributed by atoms with van der Waals surface area (Å²) >= 11 is 0. The van der Waals surface area contributed by atoms with E-state index in [1.165, 1.54) is 12.1 Å². The third-order valence-corrected chi connectivity index (χ3v) is 3.84. The van der Waals surface area contributed by atoms with Crippen LogP contribution in [0, 0.1) is 5.82 Å². The van der Waals surface area contributed by atoms with Crippen LogP contribution < -0.4 is 4.74 Å². The Kier molecular flexibility index (Phi) is 5.26. The molecule has 0 fully saturated rings. The van der Waals surface area contributed by atoms with Crippen molar-refractivity contribution < 1.29 is 19.0 Å². The van der Waals surface area contributed by atoms with Crippen molar-refractivity contribution >= 4 is 5.97 Å². The van der Waals surface area contributed by atoms with E-state index in [0.29, 0.717) is 29.0 Å². The fourth-order valence-electron chi connectivity index (χ4n) is 2.55. The minimum atomic E-state index is -1.22. The quantitative estimate of drug-likeness (QED) is 0.622. The van der Waals surface area contributed by atoms with Gasteiger partial charge in [-0.15, -0.1) is 0 Å². The first-order valence-electron chi connectivity index (χ1n) is 8.28. The number of hydrogen-bond acceptors (Lipinski definition) is 4. The fraction of sp³-hybridized carbons (Fsp3) is 0.211. The molecule has 0 aliphatic carbocycles. The van der Waals surface area contributed by atoms with Crippen LogP contribution in [0.3, 0.4) is 0 Å². The molecule has 26 heavy (non-hydrogen) atoms. The van der Waals surface area contributed by atoms with E-state index in [-0.39, 0.29) is 11.6 Å². The Morgan fingerprint density at radius 3 is 2.65 bits per heavy atom. The molecule has 0 saturated heterocycles. The highest BCUT2D eigenvalue weighted by molar-refractivity contribution is 5.85. The van der Waals surface area contributed by atoms with E-state index in [1.807, 2.05) is 25.1 Å². The van der Waals surface area contributed by atoms with Crippen LogP contribution in [0.2, 0.25) is 0 Å². The lowest BCUT2D eigenvalue weighted by molar-refractivity contribution is 0.0684. The highest BCUT2D eigenvalue weighted by atomic mass is 19.1. The van der Waals surface area contributed by atoms with Crippen molar-refractivity contribution in [3.05, 3.63) is 54.1 Å². The standard InChI is InChI=1S/C19H18FN3O3/c1-2-3-11-26-16-13(17-21-18(19(24)25)23-22-17)9-10-14(20)15(16)12-7-5-4-6-8-12/h4-10H,2-3,11H2,1H3,(H,24,25)(H,21,22,23). The molecule has 0 atom stereocenters. The summed E-state index contributed by atoms with van der Waals surface area (Å²) in [6.07, 6.45) is 1.73. The first-order valence-corrected chi connectivity index (χ1v) is 8.28. The lowest BCUT2D eigenvalue weighted by Gasteiger charge is -2.15. The molecule has 0 radical (unpaired) electrons. The minimum absolute atomic E-state index is 0.145. The third kappa shape index (κ3) is 3.56. The molecule has 1 aromatic heterocycles. The molecule has 6 nitrogen and oxygen atoms in total. The van der Waals surface area contributed by atoms with Gasteiger partial charge in [-0.2, -0.15) is 5.10 Å². The van der Waals surface area contributed by atoms with Crippen molar-refractivity contribution in [3.63, 3.8) is 0 Å². The normalized spacial score (nSPS) is 10.7. The number of aromatic amines is 1. The highest BCUT2D eigenvalue weighted by Crippen LogP contribution is 2.40. The average Bonchev–Trinajstić information content (AvgIpc) is 3.13. The SMILES string of the molecule is CCCCOc1c(-c2n[nH]c(C(=O)O)n2)ccc(F)c1-c1ccccc1. The van der Waals surface area contributed by atoms with Crippen LogP contribution in [0.5, 0.6) is 5.75 Å². The number of carboxylic acid groups (broad SMARTS) is 1. The number of ether oxygens (including phenoxy) is 1. The van der Waals surface area contributed by atoms with E-state index >= 15 is 0 Å². The third-order valence-electron chi connectivity index (χ3n) is 3.84. The van der Waals surface area contributed by atoms with Crippen LogP contribution in [0.1, 0.15) is 30.4 Å². The van der Waals surface area contributed by atoms with E-state index < -0.39 is 11.8 Å². The van der Waals surface area contributed by atoms with Crippen LogP contribution >= 0.6 is 0 Å². The van der Waals surface area contributed by atoms with Crippen molar-refractivity contribution in [2.75, 3.05) is 6.61 Å². The summed E-state index contributed by atoms with van der Waals surface area (Å²) < 4.78 is 20.5. The second-order valence-electron chi connectivity index (χ2n) is 5.68. The van der Waals surface area contributed by atoms with Gasteiger partial charge in [0.1, 0.15) is 11.6 Å². The summed E-state index contributed by atoms with van der Waals surface area (Å²) in [6, 6.07) is 11.8. The summed E-state index contributed by atoms with van der Waals surface area (Å²) in [6.45, 7) is 2.44. The van der Waals surface area contributed by atoms with Gasteiger partial charge in [-0.05, 0) is 24.1 Å². The van der Waals surface area contributed by atoms with Gasteiger partial charge in [-0.25, -0.2) is 14.2 Å². The van der Waals surface area contributed by atoms with E-state index in [4.69, 9.17) is 9.84 Å². The van der Waals surface area contributed by atoms with Crippen LogP contribution in [-0.4, -0.2) is 32.9 Å². The van der Waals surface area contributed by atoms with Gasteiger partial charge < -0.3 is 9.84 Å². The lowest BCUT2D eigenvalue weighted by atomic mass is 10.00. The van der Waals surface area contributed by atoms with E-state index in [2.05, 4.69) is 15.2 Å². The Hall–Kier alpha value is -3.22. The number of unbranched alkanes of at least 4 members (excludes halogenated alkanes) is 1. The molecule has 0 amide bonds. The monoisotopic (exact) mass is 355 g/mol. The van der Waals surface area contributed by atoms with E-state index in [0.717, 1.165) is 12.8 Å². The Balaban J connectivity index is 2.15. The minimum Gasteiger partial charge on any atom is -0.492 e. The highest BCUT2D eigenvalue weighted by Gasteiger charge is 2.21. The zero-order chi connectivity index (χ0) is 18.5. The molecule has 3 rings (SSSR count). The van der Waals surface area contributed by atoms with Gasteiger partial charge in [0.25, 0.3) is 0 Å². The Labute approximate surface area is 149 Å². The molecule has 0 saturated carbocycles. The molecule has 0 spiro atoms. The summed E-state index contributed by atoms with van der Waals surface area (Å²) in [5.41, 5.74) is 1.40. The van der Waals surface area contributed by atoms with Gasteiger partial charge in [0.2, 0.25) is 5.82 Å². The first kappa shape index (κ1) is 17.6. The molecule has 0 aliphatic heterocycles. The molecule has 134 valence electrons. The molecule has 1 heterocycles. The zero-order valence-electron chi connectivity index (χ0n) is 14.2. The smallest absolute Gasteiger partial charge is 0.373 e. The molecule has 3 aromatic rings. The number of carboxylic acids is 1. The van der Waals surface area contributed by atoms with Crippen molar-refractivity contribution in [1.82, 2.24) is 15.2 Å². The largest absolute Gasteiger partial charge is 0.492 e. The second kappa shape index (κ2) is 7.77. The fourth-order valence-corrected chi connectivity index (χ4v) is 2.55. The number of nitrogens with one attached hydrogen (secondary N) is 1.